The van der Waals surface area contributed by atoms with Crippen LogP contribution in [0.15, 0.2) is 0 Å². The third-order valence-electron chi connectivity index (χ3n) is 2.31. The summed E-state index contributed by atoms with van der Waals surface area (Å²) in [5, 5.41) is 0. The monoisotopic (exact) mass is 352 g/mol. The SMILES string of the molecule is COS(CCCOC(F)(F)C(F)(F)C(F)(F)F)(OC)OC. The summed E-state index contributed by atoms with van der Waals surface area (Å²) >= 11 is 0. The third kappa shape index (κ3) is 4.84. The normalized spacial score (nSPS) is 15.3. The van der Waals surface area contributed by atoms with Gasteiger partial charge in [0.1, 0.15) is 0 Å². The Balaban J connectivity index is 4.53. The molecule has 21 heavy (non-hydrogen) atoms. The van der Waals surface area contributed by atoms with Crippen molar-refractivity contribution in [2.75, 3.05) is 33.7 Å². The highest BCUT2D eigenvalue weighted by Gasteiger charge is 2.74. The average Bonchev–Trinajstić information content (AvgIpc) is 2.38. The van der Waals surface area contributed by atoms with Gasteiger partial charge in [-0.2, -0.15) is 30.7 Å². The lowest BCUT2D eigenvalue weighted by molar-refractivity contribution is -0.423. The summed E-state index contributed by atoms with van der Waals surface area (Å²) < 4.78 is 104. The molecule has 130 valence electrons. The van der Waals surface area contributed by atoms with E-state index in [1.807, 2.05) is 0 Å². The van der Waals surface area contributed by atoms with Gasteiger partial charge in [0.15, 0.2) is 0 Å². The molecule has 0 radical (unpaired) electrons. The molecule has 0 aliphatic carbocycles. The van der Waals surface area contributed by atoms with E-state index < -0.39 is 35.7 Å². The van der Waals surface area contributed by atoms with E-state index >= 15 is 0 Å². The van der Waals surface area contributed by atoms with Crippen molar-refractivity contribution in [2.24, 2.45) is 0 Å². The van der Waals surface area contributed by atoms with Crippen LogP contribution in [0.1, 0.15) is 6.42 Å². The first-order chi connectivity index (χ1) is 9.39. The second-order valence-electron chi connectivity index (χ2n) is 3.55. The van der Waals surface area contributed by atoms with Crippen molar-refractivity contribution >= 4 is 10.9 Å². The van der Waals surface area contributed by atoms with Gasteiger partial charge in [-0.05, 0) is 6.42 Å². The van der Waals surface area contributed by atoms with E-state index in [4.69, 9.17) is 12.5 Å². The first kappa shape index (κ1) is 20.7. The fourth-order valence-electron chi connectivity index (χ4n) is 1.15. The molecule has 0 aliphatic rings. The molecule has 0 spiro atoms. The van der Waals surface area contributed by atoms with Crippen LogP contribution in [-0.2, 0) is 17.3 Å². The Kier molecular flexibility index (Phi) is 7.20. The van der Waals surface area contributed by atoms with Crippen molar-refractivity contribution in [3.63, 3.8) is 0 Å². The summed E-state index contributed by atoms with van der Waals surface area (Å²) in [6, 6.07) is 0. The van der Waals surface area contributed by atoms with E-state index in [1.165, 1.54) is 21.3 Å². The molecule has 12 heteroatoms. The van der Waals surface area contributed by atoms with Crippen LogP contribution in [0.2, 0.25) is 0 Å². The van der Waals surface area contributed by atoms with Gasteiger partial charge >= 0.3 is 18.2 Å². The molecule has 0 aromatic heterocycles. The van der Waals surface area contributed by atoms with Crippen molar-refractivity contribution in [1.29, 1.82) is 0 Å². The highest BCUT2D eigenvalue weighted by molar-refractivity contribution is 8.21. The Labute approximate surface area is 118 Å². The first-order valence-corrected chi connectivity index (χ1v) is 6.91. The first-order valence-electron chi connectivity index (χ1n) is 5.33. The topological polar surface area (TPSA) is 36.9 Å². The molecule has 0 rings (SSSR count). The lowest BCUT2D eigenvalue weighted by atomic mass is 10.3. The van der Waals surface area contributed by atoms with Gasteiger partial charge in [-0.3, -0.25) is 12.5 Å². The maximum absolute atomic E-state index is 12.8. The minimum Gasteiger partial charge on any atom is -0.315 e. The quantitative estimate of drug-likeness (QED) is 0.469. The highest BCUT2D eigenvalue weighted by atomic mass is 32.3. The summed E-state index contributed by atoms with van der Waals surface area (Å²) in [4.78, 5) is 0. The van der Waals surface area contributed by atoms with Crippen molar-refractivity contribution in [2.45, 2.75) is 24.6 Å². The Morgan fingerprint density at radius 1 is 0.810 bits per heavy atom. The molecule has 0 bridgehead atoms. The van der Waals surface area contributed by atoms with Crippen molar-refractivity contribution in [3.8, 4) is 0 Å². The average molecular weight is 352 g/mol. The minimum atomic E-state index is -6.42. The second-order valence-corrected chi connectivity index (χ2v) is 6.08. The Hall–Kier alpha value is -0.300. The van der Waals surface area contributed by atoms with Gasteiger partial charge in [0.2, 0.25) is 0 Å². The molecule has 0 amide bonds. The largest absolute Gasteiger partial charge is 0.462 e. The molecule has 4 nitrogen and oxygen atoms in total. The van der Waals surface area contributed by atoms with E-state index in [0.717, 1.165) is 0 Å². The fourth-order valence-corrected chi connectivity index (χ4v) is 2.53. The van der Waals surface area contributed by atoms with Crippen molar-refractivity contribution in [3.05, 3.63) is 0 Å². The summed E-state index contributed by atoms with van der Waals surface area (Å²) in [7, 11) is 1.09. The Morgan fingerprint density at radius 2 is 1.24 bits per heavy atom. The maximum Gasteiger partial charge on any atom is 0.462 e. The summed E-state index contributed by atoms with van der Waals surface area (Å²) in [5.74, 6) is -6.43. The summed E-state index contributed by atoms with van der Waals surface area (Å²) in [5.41, 5.74) is 0. The molecule has 0 atom stereocenters. The molecule has 0 aromatic carbocycles. The Bertz CT molecular complexity index is 311. The zero-order chi connectivity index (χ0) is 16.9. The molecule has 0 fully saturated rings. The van der Waals surface area contributed by atoms with Gasteiger partial charge in [-0.15, -0.1) is 0 Å². The van der Waals surface area contributed by atoms with Gasteiger partial charge in [-0.25, -0.2) is 0 Å². The van der Waals surface area contributed by atoms with Gasteiger partial charge in [0.05, 0.1) is 38.8 Å². The molecular weight excluding hydrogens is 337 g/mol. The zero-order valence-corrected chi connectivity index (χ0v) is 12.1. The smallest absolute Gasteiger partial charge is 0.315 e. The predicted octanol–water partition coefficient (Wildman–Crippen LogP) is 3.67. The number of hydrogen-bond donors (Lipinski definition) is 0. The highest BCUT2D eigenvalue weighted by Crippen LogP contribution is 2.50. The lowest BCUT2D eigenvalue weighted by Crippen LogP contribution is -2.53. The molecule has 0 saturated carbocycles. The number of hydrogen-bond acceptors (Lipinski definition) is 4. The molecular formula is C9H15F7O4S. The zero-order valence-electron chi connectivity index (χ0n) is 11.3. The molecule has 0 N–H and O–H groups in total. The van der Waals surface area contributed by atoms with E-state index in [0.29, 0.717) is 0 Å². The van der Waals surface area contributed by atoms with E-state index in [-0.39, 0.29) is 12.2 Å². The van der Waals surface area contributed by atoms with Crippen LogP contribution in [0.4, 0.5) is 30.7 Å². The van der Waals surface area contributed by atoms with Crippen molar-refractivity contribution < 1.29 is 48.0 Å². The molecule has 0 aromatic rings. The van der Waals surface area contributed by atoms with Gasteiger partial charge in [0.25, 0.3) is 0 Å². The van der Waals surface area contributed by atoms with Gasteiger partial charge < -0.3 is 4.74 Å². The van der Waals surface area contributed by atoms with Crippen LogP contribution in [0, 0.1) is 0 Å². The van der Waals surface area contributed by atoms with Gasteiger partial charge in [-0.1, -0.05) is 0 Å². The number of ether oxygens (including phenoxy) is 1. The van der Waals surface area contributed by atoms with Crippen LogP contribution < -0.4 is 0 Å². The van der Waals surface area contributed by atoms with Gasteiger partial charge in [0, 0.05) is 5.75 Å². The second kappa shape index (κ2) is 7.31. The lowest BCUT2D eigenvalue weighted by Gasteiger charge is -2.33. The standard InChI is InChI=1S/C9H15F7O4S/c1-17-21(18-2,19-3)6-4-5-20-9(15,16)7(10,11)8(12,13)14/h4-6H2,1-3H3. The van der Waals surface area contributed by atoms with Crippen LogP contribution in [0.25, 0.3) is 0 Å². The predicted molar refractivity (Wildman–Crippen MR) is 60.0 cm³/mol. The molecule has 0 unspecified atom stereocenters. The number of halogens is 7. The van der Waals surface area contributed by atoms with Crippen LogP contribution in [0.5, 0.6) is 0 Å². The minimum absolute atomic E-state index is 0.149. The fraction of sp³-hybridized carbons (Fsp3) is 1.00. The number of alkyl halides is 7. The molecule has 0 saturated heterocycles. The summed E-state index contributed by atoms with van der Waals surface area (Å²) in [6.07, 6.45) is -12.4. The van der Waals surface area contributed by atoms with Crippen molar-refractivity contribution in [1.82, 2.24) is 0 Å². The van der Waals surface area contributed by atoms with Crippen LogP contribution >= 0.6 is 10.9 Å². The van der Waals surface area contributed by atoms with E-state index in [2.05, 4.69) is 4.74 Å². The van der Waals surface area contributed by atoms with Crippen LogP contribution in [0.3, 0.4) is 0 Å². The summed E-state index contributed by atoms with van der Waals surface area (Å²) in [6.45, 7) is -1.07. The third-order valence-corrected chi connectivity index (χ3v) is 4.62. The molecule has 0 heterocycles. The number of rotatable bonds is 9. The Morgan fingerprint density at radius 3 is 1.57 bits per heavy atom. The van der Waals surface area contributed by atoms with E-state index in [9.17, 15) is 30.7 Å². The maximum atomic E-state index is 12.8. The van der Waals surface area contributed by atoms with E-state index in [1.54, 1.807) is 0 Å². The van der Waals surface area contributed by atoms with Crippen LogP contribution in [-0.4, -0.2) is 51.9 Å². The molecule has 0 aliphatic heterocycles.